The lowest BCUT2D eigenvalue weighted by molar-refractivity contribution is -0.248. The molecule has 1 N–H and O–H groups in total. The standard InChI is InChI=1S/C13H9F5I2O5S/c1-5(2)6-3-4-7(9(20)8(6)19)10(21)25-11(12(14,15)16)13(17,18)26(22,23)24/h3-4,11H,1H2,2H3,(H,22,23,24). The summed E-state index contributed by atoms with van der Waals surface area (Å²) in [7, 11) is -6.49. The largest absolute Gasteiger partial charge is 0.441 e. The van der Waals surface area contributed by atoms with Crippen LogP contribution in [0.15, 0.2) is 18.7 Å². The van der Waals surface area contributed by atoms with E-state index in [1.54, 1.807) is 52.1 Å². The zero-order valence-corrected chi connectivity index (χ0v) is 17.7. The Labute approximate surface area is 172 Å². The molecule has 0 spiro atoms. The quantitative estimate of drug-likeness (QED) is 0.226. The average Bonchev–Trinajstić information content (AvgIpc) is 2.44. The second-order valence-electron chi connectivity index (χ2n) is 4.93. The van der Waals surface area contributed by atoms with Crippen molar-refractivity contribution in [1.29, 1.82) is 0 Å². The van der Waals surface area contributed by atoms with Crippen LogP contribution in [0.3, 0.4) is 0 Å². The Morgan fingerprint density at radius 3 is 1.96 bits per heavy atom. The molecule has 0 saturated carbocycles. The minimum absolute atomic E-state index is 0.102. The van der Waals surface area contributed by atoms with E-state index in [-0.39, 0.29) is 3.57 Å². The van der Waals surface area contributed by atoms with E-state index >= 15 is 0 Å². The van der Waals surface area contributed by atoms with E-state index in [0.29, 0.717) is 14.7 Å². The summed E-state index contributed by atoms with van der Waals surface area (Å²) in [6, 6.07) is 2.36. The van der Waals surface area contributed by atoms with E-state index in [1.807, 2.05) is 0 Å². The lowest BCUT2D eigenvalue weighted by Crippen LogP contribution is -2.52. The molecule has 0 aliphatic heterocycles. The highest BCUT2D eigenvalue weighted by atomic mass is 127. The molecule has 1 atom stereocenters. The van der Waals surface area contributed by atoms with Gasteiger partial charge in [-0.1, -0.05) is 12.6 Å². The smallest absolute Gasteiger partial charge is 0.432 e. The number of alkyl halides is 5. The molecule has 1 aromatic rings. The molecule has 0 radical (unpaired) electrons. The molecule has 1 unspecified atom stereocenters. The van der Waals surface area contributed by atoms with Crippen molar-refractivity contribution in [1.82, 2.24) is 0 Å². The van der Waals surface area contributed by atoms with Crippen molar-refractivity contribution in [2.24, 2.45) is 0 Å². The van der Waals surface area contributed by atoms with Crippen LogP contribution in [0.4, 0.5) is 22.0 Å². The van der Waals surface area contributed by atoms with Crippen LogP contribution in [0, 0.1) is 7.14 Å². The molecule has 1 aromatic carbocycles. The molecule has 0 aliphatic rings. The maximum absolute atomic E-state index is 13.5. The first kappa shape index (κ1) is 23.5. The fraction of sp³-hybridized carbons (Fsp3) is 0.308. The van der Waals surface area contributed by atoms with Crippen LogP contribution in [-0.4, -0.2) is 36.5 Å². The molecule has 26 heavy (non-hydrogen) atoms. The van der Waals surface area contributed by atoms with Crippen LogP contribution >= 0.6 is 45.2 Å². The zero-order valence-electron chi connectivity index (χ0n) is 12.6. The van der Waals surface area contributed by atoms with Gasteiger partial charge in [0.05, 0.1) is 5.56 Å². The molecule has 0 bridgehead atoms. The fourth-order valence-corrected chi connectivity index (χ4v) is 3.74. The van der Waals surface area contributed by atoms with Crippen molar-refractivity contribution < 1.29 is 44.5 Å². The van der Waals surface area contributed by atoms with Gasteiger partial charge in [0.2, 0.25) is 0 Å². The Balaban J connectivity index is 3.37. The Hall–Kier alpha value is -0.550. The van der Waals surface area contributed by atoms with E-state index in [0.717, 1.165) is 6.07 Å². The summed E-state index contributed by atoms with van der Waals surface area (Å²) >= 11 is 3.37. The molecule has 1 rings (SSSR count). The molecular weight excluding hydrogens is 617 g/mol. The van der Waals surface area contributed by atoms with Crippen molar-refractivity contribution in [3.05, 3.63) is 37.0 Å². The minimum atomic E-state index is -6.49. The van der Waals surface area contributed by atoms with E-state index in [2.05, 4.69) is 11.3 Å². The summed E-state index contributed by atoms with van der Waals surface area (Å²) in [5.74, 6) is -1.83. The van der Waals surface area contributed by atoms with Gasteiger partial charge in [0.1, 0.15) is 0 Å². The van der Waals surface area contributed by atoms with Crippen LogP contribution in [0.5, 0.6) is 0 Å². The summed E-state index contributed by atoms with van der Waals surface area (Å²) in [6.07, 6.45) is -10.3. The number of carbonyl (C=O) groups excluding carboxylic acids is 1. The highest BCUT2D eigenvalue weighted by Gasteiger charge is 2.66. The number of carbonyl (C=O) groups is 1. The van der Waals surface area contributed by atoms with E-state index in [9.17, 15) is 35.2 Å². The highest BCUT2D eigenvalue weighted by Crippen LogP contribution is 2.39. The van der Waals surface area contributed by atoms with E-state index in [4.69, 9.17) is 4.55 Å². The molecule has 0 heterocycles. The third-order valence-corrected chi connectivity index (χ3v) is 7.11. The fourth-order valence-electron chi connectivity index (χ4n) is 1.67. The second-order valence-corrected chi connectivity index (χ2v) is 8.58. The number of halogens is 7. The Morgan fingerprint density at radius 1 is 1.15 bits per heavy atom. The van der Waals surface area contributed by atoms with Gasteiger partial charge >= 0.3 is 27.5 Å². The van der Waals surface area contributed by atoms with Gasteiger partial charge < -0.3 is 4.74 Å². The molecule has 13 heteroatoms. The Morgan fingerprint density at radius 2 is 1.58 bits per heavy atom. The number of esters is 1. The van der Waals surface area contributed by atoms with E-state index in [1.165, 1.54) is 6.07 Å². The number of benzene rings is 1. The summed E-state index contributed by atoms with van der Waals surface area (Å²) in [4.78, 5) is 12.0. The number of hydrogen-bond acceptors (Lipinski definition) is 4. The first-order chi connectivity index (χ1) is 11.5. The van der Waals surface area contributed by atoms with Crippen molar-refractivity contribution in [3.8, 4) is 0 Å². The first-order valence-corrected chi connectivity index (χ1v) is 9.88. The van der Waals surface area contributed by atoms with Gasteiger partial charge in [-0.2, -0.15) is 30.4 Å². The monoisotopic (exact) mass is 626 g/mol. The molecule has 0 aromatic heterocycles. The first-order valence-electron chi connectivity index (χ1n) is 6.28. The summed E-state index contributed by atoms with van der Waals surface area (Å²) < 4.78 is 99.2. The zero-order chi connectivity index (χ0) is 20.7. The van der Waals surface area contributed by atoms with Gasteiger partial charge in [-0.3, -0.25) is 4.55 Å². The maximum Gasteiger partial charge on any atom is 0.432 e. The number of ether oxygens (including phenoxy) is 1. The molecule has 0 aliphatic carbocycles. The second kappa shape index (κ2) is 7.83. The third kappa shape index (κ3) is 4.83. The van der Waals surface area contributed by atoms with Crippen LogP contribution in [0.2, 0.25) is 0 Å². The summed E-state index contributed by atoms with van der Waals surface area (Å²) in [5, 5.41) is -5.78. The van der Waals surface area contributed by atoms with Crippen molar-refractivity contribution >= 4 is 66.8 Å². The molecule has 0 fully saturated rings. The van der Waals surface area contributed by atoms with Crippen LogP contribution in [0.1, 0.15) is 22.8 Å². The van der Waals surface area contributed by atoms with Crippen LogP contribution < -0.4 is 0 Å². The average molecular weight is 626 g/mol. The normalized spacial score (nSPS) is 14.0. The van der Waals surface area contributed by atoms with Gasteiger partial charge in [0.25, 0.3) is 6.10 Å². The van der Waals surface area contributed by atoms with Crippen LogP contribution in [-0.2, 0) is 14.9 Å². The third-order valence-electron chi connectivity index (χ3n) is 2.93. The van der Waals surface area contributed by atoms with Crippen molar-refractivity contribution in [2.75, 3.05) is 0 Å². The SMILES string of the molecule is C=C(C)c1ccc(C(=O)OC(C(F)(F)F)C(F)(F)S(=O)(=O)O)c(I)c1I. The van der Waals surface area contributed by atoms with Crippen molar-refractivity contribution in [2.45, 2.75) is 24.5 Å². The van der Waals surface area contributed by atoms with Gasteiger partial charge in [0, 0.05) is 7.14 Å². The van der Waals surface area contributed by atoms with Gasteiger partial charge in [-0.25, -0.2) is 4.79 Å². The lowest BCUT2D eigenvalue weighted by atomic mass is 10.1. The minimum Gasteiger partial charge on any atom is -0.441 e. The molecular formula is C13H9F5I2O5S. The predicted octanol–water partition coefficient (Wildman–Crippen LogP) is 4.50. The maximum atomic E-state index is 13.5. The topological polar surface area (TPSA) is 80.7 Å². The molecule has 0 amide bonds. The Kier molecular flexibility index (Phi) is 7.07. The molecule has 0 saturated heterocycles. The Bertz CT molecular complexity index is 851. The summed E-state index contributed by atoms with van der Waals surface area (Å²) in [5.41, 5.74) is 0.667. The van der Waals surface area contributed by atoms with Gasteiger partial charge in [0.15, 0.2) is 0 Å². The van der Waals surface area contributed by atoms with E-state index < -0.39 is 39.2 Å². The predicted molar refractivity (Wildman–Crippen MR) is 98.3 cm³/mol. The number of allylic oxidation sites excluding steroid dienone is 1. The number of hydrogen-bond donors (Lipinski definition) is 1. The van der Waals surface area contributed by atoms with Gasteiger partial charge in [-0.15, -0.1) is 0 Å². The lowest BCUT2D eigenvalue weighted by Gasteiger charge is -2.26. The number of rotatable bonds is 5. The summed E-state index contributed by atoms with van der Waals surface area (Å²) in [6.45, 7) is 5.31. The molecule has 146 valence electrons. The van der Waals surface area contributed by atoms with Gasteiger partial charge in [-0.05, 0) is 69.3 Å². The van der Waals surface area contributed by atoms with Crippen molar-refractivity contribution in [3.63, 3.8) is 0 Å². The highest BCUT2D eigenvalue weighted by molar-refractivity contribution is 14.1. The van der Waals surface area contributed by atoms with Crippen LogP contribution in [0.25, 0.3) is 5.57 Å². The molecule has 5 nitrogen and oxygen atoms in total.